The Bertz CT molecular complexity index is 1010. The topological polar surface area (TPSA) is 79.1 Å². The third-order valence-corrected chi connectivity index (χ3v) is 5.51. The summed E-state index contributed by atoms with van der Waals surface area (Å²) >= 11 is 1.54. The van der Waals surface area contributed by atoms with E-state index in [1.807, 2.05) is 23.1 Å². The molecule has 0 aliphatic carbocycles. The van der Waals surface area contributed by atoms with Crippen LogP contribution in [-0.4, -0.2) is 40.5 Å². The van der Waals surface area contributed by atoms with Crippen molar-refractivity contribution in [3.63, 3.8) is 0 Å². The standard InChI is InChI=1S/C20H18N4O2S/c21-10-14-5-6-22-19(8-14)26-12-15-2-1-7-24(11-15)20(25)16-3-4-17-18(9-16)27-13-23-17/h3-6,8-9,13,15H,1-2,7,11-12H2. The minimum absolute atomic E-state index is 0.0552. The van der Waals surface area contributed by atoms with E-state index in [1.54, 1.807) is 35.2 Å². The number of aromatic nitrogens is 2. The SMILES string of the molecule is N#Cc1ccnc(OCC2CCCN(C(=O)c3ccc4ncsc4c3)C2)c1. The number of rotatable bonds is 4. The van der Waals surface area contributed by atoms with Crippen LogP contribution in [0.25, 0.3) is 10.2 Å². The molecular formula is C20H18N4O2S. The van der Waals surface area contributed by atoms with E-state index in [0.717, 1.165) is 29.6 Å². The molecule has 6 nitrogen and oxygen atoms in total. The Labute approximate surface area is 161 Å². The Morgan fingerprint density at radius 3 is 3.15 bits per heavy atom. The highest BCUT2D eigenvalue weighted by molar-refractivity contribution is 7.16. The average molecular weight is 378 g/mol. The highest BCUT2D eigenvalue weighted by Crippen LogP contribution is 2.23. The van der Waals surface area contributed by atoms with Gasteiger partial charge in [0.2, 0.25) is 5.88 Å². The van der Waals surface area contributed by atoms with Crippen LogP contribution in [0.3, 0.4) is 0 Å². The molecule has 0 radical (unpaired) electrons. The van der Waals surface area contributed by atoms with Gasteiger partial charge < -0.3 is 9.64 Å². The number of nitriles is 1. The number of piperidine rings is 1. The fraction of sp³-hybridized carbons (Fsp3) is 0.300. The van der Waals surface area contributed by atoms with Crippen LogP contribution in [0.5, 0.6) is 5.88 Å². The van der Waals surface area contributed by atoms with E-state index in [0.29, 0.717) is 30.2 Å². The predicted octanol–water partition coefficient (Wildman–Crippen LogP) is 3.49. The summed E-state index contributed by atoms with van der Waals surface area (Å²) in [7, 11) is 0. The third kappa shape index (κ3) is 3.91. The van der Waals surface area contributed by atoms with Crippen LogP contribution in [0.15, 0.2) is 42.0 Å². The van der Waals surface area contributed by atoms with Crippen molar-refractivity contribution < 1.29 is 9.53 Å². The second-order valence-electron chi connectivity index (χ2n) is 6.60. The summed E-state index contributed by atoms with van der Waals surface area (Å²) in [6, 6.07) is 11.0. The lowest BCUT2D eigenvalue weighted by Crippen LogP contribution is -2.41. The molecule has 0 saturated carbocycles. The monoisotopic (exact) mass is 378 g/mol. The average Bonchev–Trinajstić information content (AvgIpc) is 3.20. The molecule has 1 aliphatic heterocycles. The maximum atomic E-state index is 12.9. The van der Waals surface area contributed by atoms with Crippen LogP contribution in [0, 0.1) is 17.2 Å². The quantitative estimate of drug-likeness (QED) is 0.694. The van der Waals surface area contributed by atoms with E-state index in [1.165, 1.54) is 0 Å². The summed E-state index contributed by atoms with van der Waals surface area (Å²) in [6.45, 7) is 1.91. The summed E-state index contributed by atoms with van der Waals surface area (Å²) < 4.78 is 6.79. The lowest BCUT2D eigenvalue weighted by atomic mass is 9.98. The smallest absolute Gasteiger partial charge is 0.253 e. The first-order valence-corrected chi connectivity index (χ1v) is 9.72. The van der Waals surface area contributed by atoms with E-state index in [4.69, 9.17) is 10.00 Å². The Hall–Kier alpha value is -2.98. The molecule has 3 aromatic rings. The summed E-state index contributed by atoms with van der Waals surface area (Å²) in [4.78, 5) is 23.2. The summed E-state index contributed by atoms with van der Waals surface area (Å²) in [5, 5.41) is 8.95. The highest BCUT2D eigenvalue weighted by Gasteiger charge is 2.25. The van der Waals surface area contributed by atoms with Gasteiger partial charge in [-0.25, -0.2) is 9.97 Å². The molecule has 27 heavy (non-hydrogen) atoms. The second-order valence-corrected chi connectivity index (χ2v) is 7.49. The number of hydrogen-bond acceptors (Lipinski definition) is 6. The molecule has 1 amide bonds. The van der Waals surface area contributed by atoms with E-state index in [-0.39, 0.29) is 11.8 Å². The van der Waals surface area contributed by atoms with Crippen molar-refractivity contribution in [3.05, 3.63) is 53.2 Å². The van der Waals surface area contributed by atoms with E-state index < -0.39 is 0 Å². The normalized spacial score (nSPS) is 16.9. The van der Waals surface area contributed by atoms with Gasteiger partial charge in [0.15, 0.2) is 0 Å². The number of likely N-dealkylation sites (tertiary alicyclic amines) is 1. The Balaban J connectivity index is 1.39. The highest BCUT2D eigenvalue weighted by atomic mass is 32.1. The lowest BCUT2D eigenvalue weighted by molar-refractivity contribution is 0.0631. The molecular weight excluding hydrogens is 360 g/mol. The molecule has 4 rings (SSSR count). The maximum absolute atomic E-state index is 12.9. The van der Waals surface area contributed by atoms with Crippen molar-refractivity contribution in [2.45, 2.75) is 12.8 Å². The van der Waals surface area contributed by atoms with Crippen molar-refractivity contribution in [1.29, 1.82) is 5.26 Å². The Kier molecular flexibility index (Phi) is 4.99. The molecule has 1 fully saturated rings. The van der Waals surface area contributed by atoms with E-state index in [9.17, 15) is 4.79 Å². The second kappa shape index (κ2) is 7.72. The molecule has 136 valence electrons. The number of thiazole rings is 1. The van der Waals surface area contributed by atoms with Crippen LogP contribution in [0.2, 0.25) is 0 Å². The van der Waals surface area contributed by atoms with Crippen molar-refractivity contribution in [1.82, 2.24) is 14.9 Å². The van der Waals surface area contributed by atoms with Crippen LogP contribution in [0.1, 0.15) is 28.8 Å². The van der Waals surface area contributed by atoms with Gasteiger partial charge in [-0.1, -0.05) is 0 Å². The van der Waals surface area contributed by atoms with E-state index >= 15 is 0 Å². The van der Waals surface area contributed by atoms with Crippen LogP contribution in [0.4, 0.5) is 0 Å². The lowest BCUT2D eigenvalue weighted by Gasteiger charge is -2.32. The number of pyridine rings is 1. The number of hydrogen-bond donors (Lipinski definition) is 0. The minimum Gasteiger partial charge on any atom is -0.477 e. The maximum Gasteiger partial charge on any atom is 0.253 e. The fourth-order valence-electron chi connectivity index (χ4n) is 3.32. The molecule has 0 N–H and O–H groups in total. The molecule has 7 heteroatoms. The van der Waals surface area contributed by atoms with Crippen LogP contribution in [-0.2, 0) is 0 Å². The van der Waals surface area contributed by atoms with Crippen LogP contribution >= 0.6 is 11.3 Å². The van der Waals surface area contributed by atoms with Crippen molar-refractivity contribution in [3.8, 4) is 11.9 Å². The van der Waals surface area contributed by atoms with Gasteiger partial charge in [0.25, 0.3) is 5.91 Å². The molecule has 1 saturated heterocycles. The van der Waals surface area contributed by atoms with Crippen molar-refractivity contribution >= 4 is 27.5 Å². The summed E-state index contributed by atoms with van der Waals surface area (Å²) in [6.07, 6.45) is 3.53. The largest absolute Gasteiger partial charge is 0.477 e. The van der Waals surface area contributed by atoms with Gasteiger partial charge in [0, 0.05) is 36.8 Å². The van der Waals surface area contributed by atoms with Gasteiger partial charge in [-0.15, -0.1) is 11.3 Å². The summed E-state index contributed by atoms with van der Waals surface area (Å²) in [5.41, 5.74) is 3.95. The first kappa shape index (κ1) is 17.4. The minimum atomic E-state index is 0.0552. The zero-order valence-corrected chi connectivity index (χ0v) is 15.5. The van der Waals surface area contributed by atoms with Gasteiger partial charge in [-0.2, -0.15) is 5.26 Å². The zero-order chi connectivity index (χ0) is 18.6. The number of benzene rings is 1. The number of ether oxygens (including phenoxy) is 1. The number of carbonyl (C=O) groups excluding carboxylic acids is 1. The molecule has 1 unspecified atom stereocenters. The predicted molar refractivity (Wildman–Crippen MR) is 103 cm³/mol. The van der Waals surface area contributed by atoms with Gasteiger partial charge in [0.1, 0.15) is 0 Å². The molecule has 1 aromatic carbocycles. The Morgan fingerprint density at radius 2 is 2.26 bits per heavy atom. The number of amides is 1. The summed E-state index contributed by atoms with van der Waals surface area (Å²) in [5.74, 6) is 0.759. The fourth-order valence-corrected chi connectivity index (χ4v) is 4.03. The van der Waals surface area contributed by atoms with Gasteiger partial charge in [-0.05, 0) is 37.1 Å². The van der Waals surface area contributed by atoms with E-state index in [2.05, 4.69) is 16.0 Å². The molecule has 0 bridgehead atoms. The molecule has 2 aromatic heterocycles. The van der Waals surface area contributed by atoms with Crippen molar-refractivity contribution in [2.24, 2.45) is 5.92 Å². The number of carbonyl (C=O) groups is 1. The zero-order valence-electron chi connectivity index (χ0n) is 14.7. The van der Waals surface area contributed by atoms with Gasteiger partial charge in [-0.3, -0.25) is 4.79 Å². The van der Waals surface area contributed by atoms with Crippen molar-refractivity contribution in [2.75, 3.05) is 19.7 Å². The van der Waals surface area contributed by atoms with Gasteiger partial charge >= 0.3 is 0 Å². The molecule has 1 aliphatic rings. The molecule has 1 atom stereocenters. The third-order valence-electron chi connectivity index (χ3n) is 4.72. The Morgan fingerprint density at radius 1 is 1.33 bits per heavy atom. The van der Waals surface area contributed by atoms with Crippen LogP contribution < -0.4 is 4.74 Å². The molecule has 3 heterocycles. The number of fused-ring (bicyclic) bond motifs is 1. The molecule has 0 spiro atoms. The first-order valence-electron chi connectivity index (χ1n) is 8.84. The number of nitrogens with zero attached hydrogens (tertiary/aromatic N) is 4. The first-order chi connectivity index (χ1) is 13.2. The van der Waals surface area contributed by atoms with Gasteiger partial charge in [0.05, 0.1) is 34.0 Å².